The van der Waals surface area contributed by atoms with Crippen molar-refractivity contribution in [2.75, 3.05) is 4.90 Å². The molecule has 0 saturated carbocycles. The molecule has 0 radical (unpaired) electrons. The molecule has 3 aliphatic rings. The van der Waals surface area contributed by atoms with E-state index in [4.69, 9.17) is 4.74 Å². The summed E-state index contributed by atoms with van der Waals surface area (Å²) in [6.07, 6.45) is 0. The second-order valence-corrected chi connectivity index (χ2v) is 19.1. The van der Waals surface area contributed by atoms with Crippen molar-refractivity contribution in [3.8, 4) is 56.0 Å². The van der Waals surface area contributed by atoms with Crippen LogP contribution in [0.4, 0.5) is 17.1 Å². The predicted molar refractivity (Wildman–Crippen MR) is 282 cm³/mol. The maximum Gasteiger partial charge on any atom is 0.140 e. The molecule has 0 saturated heterocycles. The molecule has 0 amide bonds. The number of anilines is 3. The van der Waals surface area contributed by atoms with Crippen LogP contribution in [0.25, 0.3) is 66.1 Å². The van der Waals surface area contributed by atoms with Crippen molar-refractivity contribution < 1.29 is 4.74 Å². The Morgan fingerprint density at radius 2 is 0.853 bits per heavy atom. The van der Waals surface area contributed by atoms with Crippen LogP contribution in [-0.4, -0.2) is 0 Å². The molecule has 2 aliphatic carbocycles. The van der Waals surface area contributed by atoms with E-state index in [1.807, 2.05) is 0 Å². The van der Waals surface area contributed by atoms with Crippen molar-refractivity contribution in [3.63, 3.8) is 0 Å². The van der Waals surface area contributed by atoms with Crippen molar-refractivity contribution in [2.24, 2.45) is 0 Å². The summed E-state index contributed by atoms with van der Waals surface area (Å²) in [5.74, 6) is 1.86. The van der Waals surface area contributed by atoms with Gasteiger partial charge in [-0.25, -0.2) is 0 Å². The minimum absolute atomic E-state index is 0.0809. The van der Waals surface area contributed by atoms with Gasteiger partial charge in [0.2, 0.25) is 0 Å². The lowest BCUT2D eigenvalue weighted by Gasteiger charge is -2.40. The molecule has 1 aliphatic heterocycles. The van der Waals surface area contributed by atoms with Gasteiger partial charge in [-0.3, -0.25) is 0 Å². The van der Waals surface area contributed by atoms with Gasteiger partial charge in [0.1, 0.15) is 11.5 Å². The average molecular weight is 868 g/mol. The SMILES string of the molecule is CC1(C)c2ccccc2-c2cc(N(c3ccc(-c4cccc5c4-c4ccccc4C54c5ccc6ccccc6c5Oc5c4ccc4ccccc54)cc3)c3ccccc3-c3ccccc3)ccc21. The van der Waals surface area contributed by atoms with Gasteiger partial charge in [0.25, 0.3) is 0 Å². The molecular formula is C66H45NO. The maximum absolute atomic E-state index is 7.23. The molecule has 1 spiro atoms. The molecule has 14 rings (SSSR count). The van der Waals surface area contributed by atoms with Crippen molar-refractivity contribution in [1.82, 2.24) is 0 Å². The van der Waals surface area contributed by atoms with Crippen LogP contribution in [-0.2, 0) is 10.8 Å². The fraction of sp³-hybridized carbons (Fsp3) is 0.0606. The van der Waals surface area contributed by atoms with Crippen LogP contribution in [0.5, 0.6) is 11.5 Å². The summed E-state index contributed by atoms with van der Waals surface area (Å²) in [5, 5.41) is 4.57. The Labute approximate surface area is 397 Å². The molecule has 2 heteroatoms. The highest BCUT2D eigenvalue weighted by atomic mass is 16.5. The first-order chi connectivity index (χ1) is 33.5. The van der Waals surface area contributed by atoms with Gasteiger partial charge in [-0.1, -0.05) is 220 Å². The lowest BCUT2D eigenvalue weighted by Crippen LogP contribution is -2.32. The third-order valence-electron chi connectivity index (χ3n) is 15.3. The first kappa shape index (κ1) is 38.8. The third kappa shape index (κ3) is 5.34. The monoisotopic (exact) mass is 867 g/mol. The molecule has 11 aromatic carbocycles. The number of ether oxygens (including phenoxy) is 1. The summed E-state index contributed by atoms with van der Waals surface area (Å²) in [7, 11) is 0. The Bertz CT molecular complexity index is 3780. The van der Waals surface area contributed by atoms with Crippen LogP contribution in [0, 0.1) is 0 Å². The van der Waals surface area contributed by atoms with E-state index < -0.39 is 5.41 Å². The number of para-hydroxylation sites is 1. The Hall–Kier alpha value is -8.46. The zero-order valence-corrected chi connectivity index (χ0v) is 37.9. The second kappa shape index (κ2) is 14.5. The number of fused-ring (bicyclic) bond motifs is 16. The number of benzene rings is 11. The summed E-state index contributed by atoms with van der Waals surface area (Å²) in [6, 6.07) is 87.4. The van der Waals surface area contributed by atoms with Gasteiger partial charge in [-0.15, -0.1) is 0 Å². The summed E-state index contributed by atoms with van der Waals surface area (Å²) in [6.45, 7) is 4.70. The van der Waals surface area contributed by atoms with Gasteiger partial charge in [0.05, 0.1) is 11.1 Å². The minimum Gasteiger partial charge on any atom is -0.455 e. The molecule has 2 nitrogen and oxygen atoms in total. The average Bonchev–Trinajstić information content (AvgIpc) is 3.82. The van der Waals surface area contributed by atoms with Crippen LogP contribution in [0.15, 0.2) is 237 Å². The molecule has 320 valence electrons. The third-order valence-corrected chi connectivity index (χ3v) is 15.3. The molecule has 0 unspecified atom stereocenters. The second-order valence-electron chi connectivity index (χ2n) is 19.1. The van der Waals surface area contributed by atoms with E-state index in [9.17, 15) is 0 Å². The molecular weight excluding hydrogens is 823 g/mol. The van der Waals surface area contributed by atoms with E-state index in [0.717, 1.165) is 39.3 Å². The number of hydrogen-bond acceptors (Lipinski definition) is 2. The summed E-state index contributed by atoms with van der Waals surface area (Å²) in [4.78, 5) is 2.45. The molecule has 68 heavy (non-hydrogen) atoms. The zero-order valence-electron chi connectivity index (χ0n) is 37.9. The maximum atomic E-state index is 7.23. The van der Waals surface area contributed by atoms with Crippen molar-refractivity contribution in [2.45, 2.75) is 24.7 Å². The first-order valence-corrected chi connectivity index (χ1v) is 23.8. The smallest absolute Gasteiger partial charge is 0.140 e. The normalized spacial score (nSPS) is 14.1. The fourth-order valence-electron chi connectivity index (χ4n) is 12.3. The van der Waals surface area contributed by atoms with E-state index in [1.165, 1.54) is 88.7 Å². The van der Waals surface area contributed by atoms with E-state index in [2.05, 4.69) is 255 Å². The highest BCUT2D eigenvalue weighted by Crippen LogP contribution is 2.65. The topological polar surface area (TPSA) is 12.5 Å². The van der Waals surface area contributed by atoms with Crippen molar-refractivity contribution >= 4 is 38.6 Å². The predicted octanol–water partition coefficient (Wildman–Crippen LogP) is 17.6. The Balaban J connectivity index is 0.972. The van der Waals surface area contributed by atoms with Crippen molar-refractivity contribution in [3.05, 3.63) is 270 Å². The zero-order chi connectivity index (χ0) is 45.1. The lowest BCUT2D eigenvalue weighted by atomic mass is 9.65. The van der Waals surface area contributed by atoms with Crippen LogP contribution < -0.4 is 9.64 Å². The highest BCUT2D eigenvalue weighted by molar-refractivity contribution is 6.02. The van der Waals surface area contributed by atoms with E-state index in [0.29, 0.717) is 0 Å². The summed E-state index contributed by atoms with van der Waals surface area (Å²) < 4.78 is 7.23. The van der Waals surface area contributed by atoms with E-state index in [-0.39, 0.29) is 5.41 Å². The van der Waals surface area contributed by atoms with Crippen LogP contribution in [0.1, 0.15) is 47.2 Å². The number of hydrogen-bond donors (Lipinski definition) is 0. The standard InChI is InChI=1S/C66H45NO/c1-65(2)55-27-13-10-24-52(55)54-41-47(37-40-56(54)65)67(61-30-15-12-21-48(61)42-17-4-3-5-18-42)46-35-31-45(32-36-46)49-26-16-29-58-62(49)53-25-11-14-28-57(53)66(58)59-38-33-43-19-6-8-22-50(43)63(59)68-64-51-23-9-7-20-44(51)34-39-60(64)66/h3-41H,1-2H3. The van der Waals surface area contributed by atoms with Crippen LogP contribution in [0.3, 0.4) is 0 Å². The number of nitrogens with zero attached hydrogens (tertiary/aromatic N) is 1. The Kier molecular flexibility index (Phi) is 8.28. The van der Waals surface area contributed by atoms with Gasteiger partial charge in [-0.05, 0) is 102 Å². The van der Waals surface area contributed by atoms with Gasteiger partial charge in [-0.2, -0.15) is 0 Å². The molecule has 0 aromatic heterocycles. The van der Waals surface area contributed by atoms with Gasteiger partial charge < -0.3 is 9.64 Å². The molecule has 1 heterocycles. The van der Waals surface area contributed by atoms with E-state index >= 15 is 0 Å². The first-order valence-electron chi connectivity index (χ1n) is 23.8. The van der Waals surface area contributed by atoms with E-state index in [1.54, 1.807) is 0 Å². The van der Waals surface area contributed by atoms with Gasteiger partial charge in [0.15, 0.2) is 0 Å². The van der Waals surface area contributed by atoms with Crippen LogP contribution in [0.2, 0.25) is 0 Å². The van der Waals surface area contributed by atoms with Crippen molar-refractivity contribution in [1.29, 1.82) is 0 Å². The quantitative estimate of drug-likeness (QED) is 0.171. The summed E-state index contributed by atoms with van der Waals surface area (Å²) in [5.41, 5.74) is 20.2. The lowest BCUT2D eigenvalue weighted by molar-refractivity contribution is 0.447. The summed E-state index contributed by atoms with van der Waals surface area (Å²) >= 11 is 0. The van der Waals surface area contributed by atoms with Crippen LogP contribution >= 0.6 is 0 Å². The molecule has 0 bridgehead atoms. The fourth-order valence-corrected chi connectivity index (χ4v) is 12.3. The van der Waals surface area contributed by atoms with Gasteiger partial charge >= 0.3 is 0 Å². The Morgan fingerprint density at radius 3 is 1.57 bits per heavy atom. The van der Waals surface area contributed by atoms with Gasteiger partial charge in [0, 0.05) is 44.3 Å². The minimum atomic E-state index is -0.614. The molecule has 0 atom stereocenters. The molecule has 0 N–H and O–H groups in total. The molecule has 11 aromatic rings. The number of rotatable bonds is 5. The molecule has 0 fully saturated rings. The highest BCUT2D eigenvalue weighted by Gasteiger charge is 2.52. The Morgan fingerprint density at radius 1 is 0.338 bits per heavy atom. The largest absolute Gasteiger partial charge is 0.455 e.